The van der Waals surface area contributed by atoms with Gasteiger partial charge in [0, 0.05) is 36.8 Å². The maximum atomic E-state index is 11.9. The molecule has 2 rings (SSSR count). The Balaban J connectivity index is 0.00000144. The Morgan fingerprint density at radius 3 is 2.28 bits per heavy atom. The van der Waals surface area contributed by atoms with Gasteiger partial charge in [0.15, 0.2) is 5.78 Å². The number of rotatable bonds is 3. The topological polar surface area (TPSA) is 32.3 Å². The highest BCUT2D eigenvalue weighted by Crippen LogP contribution is 2.10. The monoisotopic (exact) mass is 310 g/mol. The second-order valence-corrected chi connectivity index (χ2v) is 4.39. The first kappa shape index (κ1) is 17.7. The minimum Gasteiger partial charge on any atom is -0.314 e. The van der Waals surface area contributed by atoms with Gasteiger partial charge in [-0.25, -0.2) is 0 Å². The minimum atomic E-state index is 0. The van der Waals surface area contributed by atoms with Crippen LogP contribution in [-0.2, 0) is 0 Å². The Labute approximate surface area is 125 Å². The summed E-state index contributed by atoms with van der Waals surface area (Å²) < 4.78 is 0. The molecule has 1 aromatic carbocycles. The lowest BCUT2D eigenvalue weighted by Gasteiger charge is -2.26. The molecule has 1 aliphatic heterocycles. The van der Waals surface area contributed by atoms with Crippen molar-refractivity contribution in [3.05, 3.63) is 34.9 Å². The van der Waals surface area contributed by atoms with Crippen molar-refractivity contribution in [2.45, 2.75) is 0 Å². The maximum Gasteiger partial charge on any atom is 0.176 e. The van der Waals surface area contributed by atoms with Crippen LogP contribution in [0.15, 0.2) is 24.3 Å². The molecule has 0 spiro atoms. The number of carbonyl (C=O) groups is 1. The summed E-state index contributed by atoms with van der Waals surface area (Å²) in [4.78, 5) is 14.1. The van der Waals surface area contributed by atoms with Gasteiger partial charge in [0.05, 0.1) is 6.54 Å². The van der Waals surface area contributed by atoms with E-state index in [1.165, 1.54) is 0 Å². The molecule has 6 heteroatoms. The normalized spacial score (nSPS) is 15.4. The van der Waals surface area contributed by atoms with E-state index in [9.17, 15) is 4.79 Å². The third-order valence-corrected chi connectivity index (χ3v) is 3.00. The molecule has 18 heavy (non-hydrogen) atoms. The molecule has 1 aliphatic rings. The maximum absolute atomic E-state index is 11.9. The molecule has 0 saturated carbocycles. The number of nitrogens with zero attached hydrogens (tertiary/aromatic N) is 1. The first-order valence-corrected chi connectivity index (χ1v) is 5.85. The van der Waals surface area contributed by atoms with Crippen LogP contribution in [-0.4, -0.2) is 43.4 Å². The van der Waals surface area contributed by atoms with E-state index in [0.29, 0.717) is 11.6 Å². The highest BCUT2D eigenvalue weighted by Gasteiger charge is 2.14. The van der Waals surface area contributed by atoms with Gasteiger partial charge in [0.1, 0.15) is 0 Å². The highest BCUT2D eigenvalue weighted by atomic mass is 35.5. The van der Waals surface area contributed by atoms with Crippen molar-refractivity contribution >= 4 is 42.2 Å². The van der Waals surface area contributed by atoms with Crippen LogP contribution >= 0.6 is 36.4 Å². The molecule has 1 fully saturated rings. The van der Waals surface area contributed by atoms with Crippen LogP contribution < -0.4 is 5.32 Å². The zero-order valence-electron chi connectivity index (χ0n) is 9.89. The van der Waals surface area contributed by atoms with E-state index < -0.39 is 0 Å². The summed E-state index contributed by atoms with van der Waals surface area (Å²) in [5.74, 6) is 0.165. The molecule has 0 unspecified atom stereocenters. The van der Waals surface area contributed by atoms with E-state index in [0.717, 1.165) is 31.7 Å². The van der Waals surface area contributed by atoms with Crippen LogP contribution in [0.3, 0.4) is 0 Å². The number of halogens is 3. The molecule has 0 bridgehead atoms. The molecule has 1 heterocycles. The average Bonchev–Trinajstić information content (AvgIpc) is 2.31. The summed E-state index contributed by atoms with van der Waals surface area (Å²) in [6.07, 6.45) is 0. The van der Waals surface area contributed by atoms with Crippen molar-refractivity contribution in [1.29, 1.82) is 0 Å². The van der Waals surface area contributed by atoms with Gasteiger partial charge in [0.25, 0.3) is 0 Å². The predicted octanol–water partition coefficient (Wildman–Crippen LogP) is 2.27. The Kier molecular flexibility index (Phi) is 8.57. The number of hydrogen-bond acceptors (Lipinski definition) is 3. The van der Waals surface area contributed by atoms with Gasteiger partial charge >= 0.3 is 0 Å². The van der Waals surface area contributed by atoms with Crippen LogP contribution in [0.2, 0.25) is 5.02 Å². The van der Waals surface area contributed by atoms with E-state index in [4.69, 9.17) is 11.6 Å². The van der Waals surface area contributed by atoms with Gasteiger partial charge in [-0.05, 0) is 24.3 Å². The molecule has 0 amide bonds. The third-order valence-electron chi connectivity index (χ3n) is 2.74. The Morgan fingerprint density at radius 2 is 1.72 bits per heavy atom. The summed E-state index contributed by atoms with van der Waals surface area (Å²) in [5.41, 5.74) is 0.739. The number of carbonyl (C=O) groups excluding carboxylic acids is 1. The van der Waals surface area contributed by atoms with Crippen molar-refractivity contribution in [2.75, 3.05) is 32.7 Å². The lowest BCUT2D eigenvalue weighted by Crippen LogP contribution is -2.45. The largest absolute Gasteiger partial charge is 0.314 e. The van der Waals surface area contributed by atoms with Crippen molar-refractivity contribution in [3.8, 4) is 0 Å². The van der Waals surface area contributed by atoms with Gasteiger partial charge in [-0.15, -0.1) is 24.8 Å². The summed E-state index contributed by atoms with van der Waals surface area (Å²) in [7, 11) is 0. The molecule has 1 aromatic rings. The number of benzene rings is 1. The second kappa shape index (κ2) is 8.73. The quantitative estimate of drug-likeness (QED) is 0.869. The molecule has 3 nitrogen and oxygen atoms in total. The van der Waals surface area contributed by atoms with E-state index in [1.807, 2.05) is 0 Å². The lowest BCUT2D eigenvalue weighted by atomic mass is 10.1. The Bertz CT molecular complexity index is 364. The first-order chi connectivity index (χ1) is 7.75. The van der Waals surface area contributed by atoms with E-state index in [1.54, 1.807) is 24.3 Å². The zero-order chi connectivity index (χ0) is 11.4. The van der Waals surface area contributed by atoms with Gasteiger partial charge in [-0.1, -0.05) is 11.6 Å². The predicted molar refractivity (Wildman–Crippen MR) is 79.6 cm³/mol. The van der Waals surface area contributed by atoms with Crippen LogP contribution in [0.5, 0.6) is 0 Å². The Hall–Kier alpha value is -0.320. The number of hydrogen-bond donors (Lipinski definition) is 1. The standard InChI is InChI=1S/C12H15ClN2O.2ClH/c13-11-3-1-10(2-4-11)12(16)9-15-7-5-14-6-8-15;;/h1-4,14H,5-9H2;2*1H. The van der Waals surface area contributed by atoms with Crippen LogP contribution in [0, 0.1) is 0 Å². The van der Waals surface area contributed by atoms with Crippen molar-refractivity contribution in [3.63, 3.8) is 0 Å². The Morgan fingerprint density at radius 1 is 1.17 bits per heavy atom. The molecule has 1 saturated heterocycles. The van der Waals surface area contributed by atoms with Gasteiger partial charge in [-0.3, -0.25) is 9.69 Å². The lowest BCUT2D eigenvalue weighted by molar-refractivity contribution is 0.0921. The second-order valence-electron chi connectivity index (χ2n) is 3.96. The van der Waals surface area contributed by atoms with E-state index in [-0.39, 0.29) is 30.6 Å². The summed E-state index contributed by atoms with van der Waals surface area (Å²) in [5, 5.41) is 3.93. The SMILES string of the molecule is Cl.Cl.O=C(CN1CCNCC1)c1ccc(Cl)cc1. The molecule has 1 N–H and O–H groups in total. The number of nitrogens with one attached hydrogen (secondary N) is 1. The van der Waals surface area contributed by atoms with Gasteiger partial charge < -0.3 is 5.32 Å². The minimum absolute atomic E-state index is 0. The fourth-order valence-corrected chi connectivity index (χ4v) is 1.93. The third kappa shape index (κ3) is 5.12. The van der Waals surface area contributed by atoms with Crippen molar-refractivity contribution < 1.29 is 4.79 Å². The number of piperazine rings is 1. The average molecular weight is 312 g/mol. The molecule has 102 valence electrons. The van der Waals surface area contributed by atoms with E-state index >= 15 is 0 Å². The van der Waals surface area contributed by atoms with Crippen molar-refractivity contribution in [1.82, 2.24) is 10.2 Å². The molecular weight excluding hydrogens is 295 g/mol. The first-order valence-electron chi connectivity index (χ1n) is 5.47. The molecule has 0 radical (unpaired) electrons. The number of Topliss-reactive ketones (excluding diaryl/α,β-unsaturated/α-hetero) is 1. The smallest absolute Gasteiger partial charge is 0.176 e. The summed E-state index contributed by atoms with van der Waals surface area (Å²) >= 11 is 5.78. The highest BCUT2D eigenvalue weighted by molar-refractivity contribution is 6.30. The fourth-order valence-electron chi connectivity index (χ4n) is 1.80. The van der Waals surface area contributed by atoms with E-state index in [2.05, 4.69) is 10.2 Å². The van der Waals surface area contributed by atoms with Crippen LogP contribution in [0.1, 0.15) is 10.4 Å². The summed E-state index contributed by atoms with van der Waals surface area (Å²) in [6.45, 7) is 4.32. The molecule has 0 aliphatic carbocycles. The zero-order valence-corrected chi connectivity index (χ0v) is 12.3. The molecule has 0 atom stereocenters. The molecule has 0 aromatic heterocycles. The summed E-state index contributed by atoms with van der Waals surface area (Å²) in [6, 6.07) is 7.08. The van der Waals surface area contributed by atoms with Crippen molar-refractivity contribution in [2.24, 2.45) is 0 Å². The van der Waals surface area contributed by atoms with Gasteiger partial charge in [-0.2, -0.15) is 0 Å². The van der Waals surface area contributed by atoms with Crippen LogP contribution in [0.4, 0.5) is 0 Å². The number of ketones is 1. The fraction of sp³-hybridized carbons (Fsp3) is 0.417. The molecular formula is C12H17Cl3N2O. The van der Waals surface area contributed by atoms with Crippen LogP contribution in [0.25, 0.3) is 0 Å². The van der Waals surface area contributed by atoms with Gasteiger partial charge in [0.2, 0.25) is 0 Å².